The molecule has 1 fully saturated rings. The average molecular weight is 372 g/mol. The van der Waals surface area contributed by atoms with E-state index in [0.29, 0.717) is 24.9 Å². The van der Waals surface area contributed by atoms with Crippen molar-refractivity contribution in [1.82, 2.24) is 20.4 Å². The highest BCUT2D eigenvalue weighted by Gasteiger charge is 2.26. The van der Waals surface area contributed by atoms with Crippen LogP contribution in [0.15, 0.2) is 34.9 Å². The van der Waals surface area contributed by atoms with Gasteiger partial charge in [0.2, 0.25) is 17.6 Å². The molecule has 1 aromatic carbocycles. The molecular weight excluding hydrogens is 348 g/mol. The van der Waals surface area contributed by atoms with Crippen molar-refractivity contribution in [3.63, 3.8) is 0 Å². The molecule has 0 spiro atoms. The van der Waals surface area contributed by atoms with Gasteiger partial charge in [0.1, 0.15) is 6.54 Å². The van der Waals surface area contributed by atoms with Crippen LogP contribution in [0.2, 0.25) is 0 Å². The maximum atomic E-state index is 12.2. The monoisotopic (exact) mass is 372 g/mol. The summed E-state index contributed by atoms with van der Waals surface area (Å²) in [6, 6.07) is 9.69. The van der Waals surface area contributed by atoms with Crippen LogP contribution in [-0.2, 0) is 20.9 Å². The van der Waals surface area contributed by atoms with Crippen molar-refractivity contribution in [2.45, 2.75) is 26.3 Å². The van der Waals surface area contributed by atoms with E-state index in [9.17, 15) is 9.59 Å². The summed E-state index contributed by atoms with van der Waals surface area (Å²) in [5.74, 6) is 0.567. The van der Waals surface area contributed by atoms with Crippen molar-refractivity contribution < 1.29 is 18.8 Å². The molecule has 1 saturated heterocycles. The second kappa shape index (κ2) is 9.27. The standard InChI is InChI=1S/C19H24N4O4/c1-2-26-17(24)12-20-19(25)15-8-10-23(11-9-15)13-16-21-18(22-27-16)14-6-4-3-5-7-14/h3-7,15H,2,8-13H2,1H3,(H,20,25). The summed E-state index contributed by atoms with van der Waals surface area (Å²) in [6.45, 7) is 4.08. The number of hydrogen-bond acceptors (Lipinski definition) is 7. The third-order valence-electron chi connectivity index (χ3n) is 4.53. The average Bonchev–Trinajstić information content (AvgIpc) is 3.16. The lowest BCUT2D eigenvalue weighted by atomic mass is 9.96. The summed E-state index contributed by atoms with van der Waals surface area (Å²) in [6.07, 6.45) is 1.46. The molecule has 3 rings (SSSR count). The van der Waals surface area contributed by atoms with E-state index in [4.69, 9.17) is 9.26 Å². The first kappa shape index (κ1) is 19.0. The number of ether oxygens (including phenoxy) is 1. The fraction of sp³-hybridized carbons (Fsp3) is 0.474. The molecule has 0 atom stereocenters. The van der Waals surface area contributed by atoms with E-state index < -0.39 is 5.97 Å². The molecule has 2 heterocycles. The number of likely N-dealkylation sites (tertiary alicyclic amines) is 1. The lowest BCUT2D eigenvalue weighted by molar-refractivity contribution is -0.144. The van der Waals surface area contributed by atoms with E-state index in [1.807, 2.05) is 30.3 Å². The molecule has 2 aromatic rings. The van der Waals surface area contributed by atoms with E-state index >= 15 is 0 Å². The van der Waals surface area contributed by atoms with Gasteiger partial charge in [-0.25, -0.2) is 0 Å². The van der Waals surface area contributed by atoms with Gasteiger partial charge in [-0.15, -0.1) is 0 Å². The molecule has 0 saturated carbocycles. The molecule has 0 bridgehead atoms. The van der Waals surface area contributed by atoms with Crippen molar-refractivity contribution >= 4 is 11.9 Å². The summed E-state index contributed by atoms with van der Waals surface area (Å²) in [7, 11) is 0. The zero-order valence-electron chi connectivity index (χ0n) is 15.4. The molecule has 1 aliphatic heterocycles. The van der Waals surface area contributed by atoms with Gasteiger partial charge in [0.15, 0.2) is 0 Å². The van der Waals surface area contributed by atoms with Crippen molar-refractivity contribution in [2.24, 2.45) is 5.92 Å². The SMILES string of the molecule is CCOC(=O)CNC(=O)C1CCN(Cc2nc(-c3ccccc3)no2)CC1. The number of nitrogens with one attached hydrogen (secondary N) is 1. The third kappa shape index (κ3) is 5.37. The van der Waals surface area contributed by atoms with Crippen LogP contribution in [0.25, 0.3) is 11.4 Å². The van der Waals surface area contributed by atoms with Gasteiger partial charge in [-0.05, 0) is 32.9 Å². The van der Waals surface area contributed by atoms with Gasteiger partial charge < -0.3 is 14.6 Å². The molecule has 1 aliphatic rings. The molecule has 0 radical (unpaired) electrons. The molecule has 1 aromatic heterocycles. The maximum absolute atomic E-state index is 12.2. The normalized spacial score (nSPS) is 15.4. The Morgan fingerprint density at radius 3 is 2.70 bits per heavy atom. The molecular formula is C19H24N4O4. The van der Waals surface area contributed by atoms with Crippen LogP contribution in [0.1, 0.15) is 25.7 Å². The number of nitrogens with zero attached hydrogens (tertiary/aromatic N) is 3. The Kier molecular flexibility index (Phi) is 6.54. The topological polar surface area (TPSA) is 97.6 Å². The molecule has 0 aliphatic carbocycles. The van der Waals surface area contributed by atoms with Crippen molar-refractivity contribution in [2.75, 3.05) is 26.2 Å². The Balaban J connectivity index is 1.44. The highest BCUT2D eigenvalue weighted by molar-refractivity contribution is 5.83. The number of esters is 1. The van der Waals surface area contributed by atoms with E-state index in [0.717, 1.165) is 31.5 Å². The first-order valence-electron chi connectivity index (χ1n) is 9.19. The second-order valence-electron chi connectivity index (χ2n) is 6.45. The molecule has 27 heavy (non-hydrogen) atoms. The van der Waals surface area contributed by atoms with E-state index in [2.05, 4.69) is 20.4 Å². The number of amides is 1. The van der Waals surface area contributed by atoms with Gasteiger partial charge in [0.25, 0.3) is 0 Å². The number of rotatable bonds is 7. The first-order valence-corrected chi connectivity index (χ1v) is 9.19. The minimum atomic E-state index is -0.408. The first-order chi connectivity index (χ1) is 13.2. The highest BCUT2D eigenvalue weighted by Crippen LogP contribution is 2.20. The van der Waals surface area contributed by atoms with Crippen LogP contribution in [0.5, 0.6) is 0 Å². The molecule has 8 nitrogen and oxygen atoms in total. The summed E-state index contributed by atoms with van der Waals surface area (Å²) >= 11 is 0. The summed E-state index contributed by atoms with van der Waals surface area (Å²) in [4.78, 5) is 30.1. The summed E-state index contributed by atoms with van der Waals surface area (Å²) in [5.41, 5.74) is 0.921. The zero-order valence-corrected chi connectivity index (χ0v) is 15.4. The van der Waals surface area contributed by atoms with Crippen LogP contribution < -0.4 is 5.32 Å². The number of hydrogen-bond donors (Lipinski definition) is 1. The van der Waals surface area contributed by atoms with E-state index in [-0.39, 0.29) is 18.4 Å². The fourth-order valence-electron chi connectivity index (χ4n) is 3.08. The predicted molar refractivity (Wildman–Crippen MR) is 97.4 cm³/mol. The second-order valence-corrected chi connectivity index (χ2v) is 6.45. The van der Waals surface area contributed by atoms with Gasteiger partial charge in [-0.2, -0.15) is 4.98 Å². The zero-order chi connectivity index (χ0) is 19.1. The molecule has 0 unspecified atom stereocenters. The third-order valence-corrected chi connectivity index (χ3v) is 4.53. The number of carbonyl (C=O) groups excluding carboxylic acids is 2. The van der Waals surface area contributed by atoms with Crippen LogP contribution in [0.3, 0.4) is 0 Å². The Morgan fingerprint density at radius 2 is 2.00 bits per heavy atom. The van der Waals surface area contributed by atoms with Crippen molar-refractivity contribution in [3.05, 3.63) is 36.2 Å². The van der Waals surface area contributed by atoms with Crippen LogP contribution in [0, 0.1) is 5.92 Å². The Hall–Kier alpha value is -2.74. The molecule has 1 N–H and O–H groups in total. The predicted octanol–water partition coefficient (Wildman–Crippen LogP) is 1.63. The lowest BCUT2D eigenvalue weighted by Gasteiger charge is -2.30. The number of aromatic nitrogens is 2. The largest absolute Gasteiger partial charge is 0.465 e. The maximum Gasteiger partial charge on any atom is 0.325 e. The Morgan fingerprint density at radius 1 is 1.26 bits per heavy atom. The molecule has 1 amide bonds. The summed E-state index contributed by atoms with van der Waals surface area (Å²) < 4.78 is 10.2. The van der Waals surface area contributed by atoms with Crippen molar-refractivity contribution in [3.8, 4) is 11.4 Å². The number of benzene rings is 1. The van der Waals surface area contributed by atoms with Gasteiger partial charge in [0, 0.05) is 11.5 Å². The molecule has 144 valence electrons. The van der Waals surface area contributed by atoms with Gasteiger partial charge in [0.05, 0.1) is 13.2 Å². The van der Waals surface area contributed by atoms with Crippen LogP contribution >= 0.6 is 0 Å². The number of piperidine rings is 1. The lowest BCUT2D eigenvalue weighted by Crippen LogP contribution is -2.41. The van der Waals surface area contributed by atoms with Crippen LogP contribution in [0.4, 0.5) is 0 Å². The molecule has 8 heteroatoms. The minimum Gasteiger partial charge on any atom is -0.465 e. The van der Waals surface area contributed by atoms with Crippen molar-refractivity contribution in [1.29, 1.82) is 0 Å². The highest BCUT2D eigenvalue weighted by atomic mass is 16.5. The minimum absolute atomic E-state index is 0.0723. The smallest absolute Gasteiger partial charge is 0.325 e. The number of carbonyl (C=O) groups is 2. The van der Waals surface area contributed by atoms with Gasteiger partial charge in [-0.3, -0.25) is 14.5 Å². The summed E-state index contributed by atoms with van der Waals surface area (Å²) in [5, 5.41) is 6.68. The Bertz CT molecular complexity index is 754. The van der Waals surface area contributed by atoms with Gasteiger partial charge in [-0.1, -0.05) is 35.5 Å². The van der Waals surface area contributed by atoms with E-state index in [1.54, 1.807) is 6.92 Å². The quantitative estimate of drug-likeness (QED) is 0.738. The van der Waals surface area contributed by atoms with E-state index in [1.165, 1.54) is 0 Å². The fourth-order valence-corrected chi connectivity index (χ4v) is 3.08. The Labute approximate surface area is 157 Å². The van der Waals surface area contributed by atoms with Gasteiger partial charge >= 0.3 is 5.97 Å². The van der Waals surface area contributed by atoms with Crippen LogP contribution in [-0.4, -0.2) is 53.2 Å².